The fourth-order valence-corrected chi connectivity index (χ4v) is 2.53. The van der Waals surface area contributed by atoms with E-state index in [0.717, 1.165) is 26.0 Å². The van der Waals surface area contributed by atoms with Crippen molar-refractivity contribution in [3.63, 3.8) is 0 Å². The Morgan fingerprint density at radius 1 is 1.56 bits per heavy atom. The summed E-state index contributed by atoms with van der Waals surface area (Å²) in [4.78, 5) is 4.50. The van der Waals surface area contributed by atoms with E-state index in [4.69, 9.17) is 4.74 Å². The summed E-state index contributed by atoms with van der Waals surface area (Å²) >= 11 is 0. The predicted molar refractivity (Wildman–Crippen MR) is 73.7 cm³/mol. The van der Waals surface area contributed by atoms with Gasteiger partial charge in [0.2, 0.25) is 0 Å². The molecule has 0 bridgehead atoms. The van der Waals surface area contributed by atoms with Gasteiger partial charge < -0.3 is 10.1 Å². The van der Waals surface area contributed by atoms with E-state index in [0.29, 0.717) is 12.1 Å². The number of aryl methyl sites for hydroxylation is 1. The first kappa shape index (κ1) is 13.5. The molecule has 1 aliphatic rings. The van der Waals surface area contributed by atoms with E-state index in [2.05, 4.69) is 30.2 Å². The van der Waals surface area contributed by atoms with Gasteiger partial charge in [-0.15, -0.1) is 0 Å². The van der Waals surface area contributed by atoms with Gasteiger partial charge in [0.25, 0.3) is 0 Å². The van der Waals surface area contributed by atoms with Gasteiger partial charge in [-0.1, -0.05) is 13.0 Å². The van der Waals surface area contributed by atoms with Gasteiger partial charge in [-0.2, -0.15) is 0 Å². The van der Waals surface area contributed by atoms with E-state index in [1.807, 2.05) is 12.3 Å². The zero-order valence-electron chi connectivity index (χ0n) is 11.5. The molecule has 2 unspecified atom stereocenters. The average Bonchev–Trinajstić information content (AvgIpc) is 2.90. The molecule has 2 rings (SSSR count). The van der Waals surface area contributed by atoms with Crippen LogP contribution in [-0.2, 0) is 11.2 Å². The zero-order chi connectivity index (χ0) is 12.8. The molecule has 0 spiro atoms. The van der Waals surface area contributed by atoms with Crippen LogP contribution < -0.4 is 5.32 Å². The van der Waals surface area contributed by atoms with Gasteiger partial charge in [0, 0.05) is 31.0 Å². The number of nitrogens with zero attached hydrogens (tertiary/aromatic N) is 1. The molecule has 0 amide bonds. The highest BCUT2D eigenvalue weighted by molar-refractivity contribution is 5.19. The number of pyridine rings is 1. The number of hydrogen-bond donors (Lipinski definition) is 1. The van der Waals surface area contributed by atoms with Crippen molar-refractivity contribution in [1.29, 1.82) is 0 Å². The lowest BCUT2D eigenvalue weighted by atomic mass is 10.00. The lowest BCUT2D eigenvalue weighted by molar-refractivity contribution is 0.0780. The van der Waals surface area contributed by atoms with E-state index in [-0.39, 0.29) is 0 Å². The number of nitrogens with one attached hydrogen (secondary N) is 1. The first-order chi connectivity index (χ1) is 8.81. The summed E-state index contributed by atoms with van der Waals surface area (Å²) < 4.78 is 5.83. The minimum absolute atomic E-state index is 0.359. The third-order valence-electron chi connectivity index (χ3n) is 3.60. The molecule has 100 valence electrons. The van der Waals surface area contributed by atoms with Crippen LogP contribution in [0.25, 0.3) is 0 Å². The largest absolute Gasteiger partial charge is 0.377 e. The zero-order valence-corrected chi connectivity index (χ0v) is 11.5. The molecule has 2 heterocycles. The summed E-state index contributed by atoms with van der Waals surface area (Å²) in [5.41, 5.74) is 2.47. The number of rotatable bonds is 6. The Kier molecular flexibility index (Phi) is 5.14. The summed E-state index contributed by atoms with van der Waals surface area (Å²) in [6.45, 7) is 6.30. The molecule has 0 radical (unpaired) electrons. The minimum atomic E-state index is 0.359. The Bertz CT molecular complexity index is 361. The highest BCUT2D eigenvalue weighted by Gasteiger charge is 2.26. The van der Waals surface area contributed by atoms with E-state index in [1.54, 1.807) is 0 Å². The third-order valence-corrected chi connectivity index (χ3v) is 3.60. The molecular weight excluding hydrogens is 224 g/mol. The second kappa shape index (κ2) is 6.86. The summed E-state index contributed by atoms with van der Waals surface area (Å²) in [5.74, 6) is 0. The number of aromatic nitrogens is 1. The SMILES string of the molecule is CCCNC(Cc1ncccc1C)C1CCCO1. The monoisotopic (exact) mass is 248 g/mol. The maximum absolute atomic E-state index is 5.83. The maximum atomic E-state index is 5.83. The first-order valence-electron chi connectivity index (χ1n) is 7.06. The molecule has 18 heavy (non-hydrogen) atoms. The van der Waals surface area contributed by atoms with Crippen LogP contribution >= 0.6 is 0 Å². The second-order valence-corrected chi connectivity index (χ2v) is 5.08. The van der Waals surface area contributed by atoms with Crippen molar-refractivity contribution < 1.29 is 4.74 Å². The Hall–Kier alpha value is -0.930. The van der Waals surface area contributed by atoms with Crippen LogP contribution in [0, 0.1) is 6.92 Å². The van der Waals surface area contributed by atoms with Gasteiger partial charge in [-0.25, -0.2) is 0 Å². The van der Waals surface area contributed by atoms with Crippen molar-refractivity contribution in [3.05, 3.63) is 29.6 Å². The lowest BCUT2D eigenvalue weighted by Gasteiger charge is -2.24. The quantitative estimate of drug-likeness (QED) is 0.840. The molecule has 1 fully saturated rings. The summed E-state index contributed by atoms with van der Waals surface area (Å²) in [6, 6.07) is 4.54. The third kappa shape index (κ3) is 3.53. The maximum Gasteiger partial charge on any atom is 0.0732 e. The summed E-state index contributed by atoms with van der Waals surface area (Å²) in [5, 5.41) is 3.62. The Balaban J connectivity index is 2.02. The number of hydrogen-bond acceptors (Lipinski definition) is 3. The van der Waals surface area contributed by atoms with Crippen molar-refractivity contribution in [2.75, 3.05) is 13.2 Å². The van der Waals surface area contributed by atoms with Crippen molar-refractivity contribution in [3.8, 4) is 0 Å². The van der Waals surface area contributed by atoms with Gasteiger partial charge in [-0.3, -0.25) is 4.98 Å². The normalized spacial score (nSPS) is 21.1. The molecule has 1 N–H and O–H groups in total. The predicted octanol–water partition coefficient (Wildman–Crippen LogP) is 2.48. The second-order valence-electron chi connectivity index (χ2n) is 5.08. The molecule has 0 aromatic carbocycles. The van der Waals surface area contributed by atoms with Gasteiger partial charge >= 0.3 is 0 Å². The summed E-state index contributed by atoms with van der Waals surface area (Å²) in [6.07, 6.45) is 6.73. The molecule has 3 nitrogen and oxygen atoms in total. The minimum Gasteiger partial charge on any atom is -0.377 e. The van der Waals surface area contributed by atoms with Crippen molar-refractivity contribution >= 4 is 0 Å². The fraction of sp³-hybridized carbons (Fsp3) is 0.667. The topological polar surface area (TPSA) is 34.2 Å². The molecule has 1 aromatic heterocycles. The van der Waals surface area contributed by atoms with Gasteiger partial charge in [0.15, 0.2) is 0 Å². The van der Waals surface area contributed by atoms with Crippen LogP contribution in [0.1, 0.15) is 37.4 Å². The van der Waals surface area contributed by atoms with Gasteiger partial charge in [0.1, 0.15) is 0 Å². The molecule has 1 aromatic rings. The van der Waals surface area contributed by atoms with Crippen LogP contribution in [0.15, 0.2) is 18.3 Å². The van der Waals surface area contributed by atoms with E-state index < -0.39 is 0 Å². The van der Waals surface area contributed by atoms with Crippen molar-refractivity contribution in [1.82, 2.24) is 10.3 Å². The molecule has 3 heteroatoms. The standard InChI is InChI=1S/C15H24N2O/c1-3-8-16-14(15-7-5-10-18-15)11-13-12(2)6-4-9-17-13/h4,6,9,14-16H,3,5,7-8,10-11H2,1-2H3. The van der Waals surface area contributed by atoms with E-state index in [1.165, 1.54) is 24.1 Å². The highest BCUT2D eigenvalue weighted by Crippen LogP contribution is 2.19. The summed E-state index contributed by atoms with van der Waals surface area (Å²) in [7, 11) is 0. The number of ether oxygens (including phenoxy) is 1. The molecule has 1 aliphatic heterocycles. The van der Waals surface area contributed by atoms with Crippen LogP contribution in [0.2, 0.25) is 0 Å². The molecule has 2 atom stereocenters. The molecule has 0 saturated carbocycles. The Labute approximate surface area is 110 Å². The first-order valence-corrected chi connectivity index (χ1v) is 7.06. The van der Waals surface area contributed by atoms with Crippen molar-refractivity contribution in [2.45, 2.75) is 51.7 Å². The van der Waals surface area contributed by atoms with E-state index >= 15 is 0 Å². The molecule has 0 aliphatic carbocycles. The van der Waals surface area contributed by atoms with E-state index in [9.17, 15) is 0 Å². The van der Waals surface area contributed by atoms with Crippen LogP contribution in [-0.4, -0.2) is 30.3 Å². The average molecular weight is 248 g/mol. The molecule has 1 saturated heterocycles. The Morgan fingerprint density at radius 3 is 3.11 bits per heavy atom. The van der Waals surface area contributed by atoms with Gasteiger partial charge in [0.05, 0.1) is 6.10 Å². The van der Waals surface area contributed by atoms with Crippen LogP contribution in [0.5, 0.6) is 0 Å². The van der Waals surface area contributed by atoms with Crippen LogP contribution in [0.4, 0.5) is 0 Å². The van der Waals surface area contributed by atoms with Crippen molar-refractivity contribution in [2.24, 2.45) is 0 Å². The molecular formula is C15H24N2O. The highest BCUT2D eigenvalue weighted by atomic mass is 16.5. The smallest absolute Gasteiger partial charge is 0.0732 e. The Morgan fingerprint density at radius 2 is 2.44 bits per heavy atom. The lowest BCUT2D eigenvalue weighted by Crippen LogP contribution is -2.42. The fourth-order valence-electron chi connectivity index (χ4n) is 2.53. The van der Waals surface area contributed by atoms with Gasteiger partial charge in [-0.05, 0) is 44.4 Å². The van der Waals surface area contributed by atoms with Crippen LogP contribution in [0.3, 0.4) is 0 Å².